The molecule has 1 aromatic carbocycles. The van der Waals surface area contributed by atoms with Gasteiger partial charge in [0.25, 0.3) is 5.91 Å². The van der Waals surface area contributed by atoms with E-state index in [1.807, 2.05) is 18.2 Å². The van der Waals surface area contributed by atoms with Crippen molar-refractivity contribution >= 4 is 34.9 Å². The number of rotatable bonds is 4. The lowest BCUT2D eigenvalue weighted by Gasteiger charge is -2.38. The number of pyridine rings is 1. The lowest BCUT2D eigenvalue weighted by atomic mass is 9.80. The summed E-state index contributed by atoms with van der Waals surface area (Å²) in [7, 11) is 0. The van der Waals surface area contributed by atoms with Crippen LogP contribution in [-0.4, -0.2) is 35.8 Å². The van der Waals surface area contributed by atoms with Gasteiger partial charge in [-0.2, -0.15) is 0 Å². The SMILES string of the molecule is O=C(Nc1cccnc1N1CCCC1)c1cccc(N2NC(=O)C3CC=CCC3C2=O)c1. The highest BCUT2D eigenvalue weighted by molar-refractivity contribution is 6.08. The quantitative estimate of drug-likeness (QED) is 0.726. The summed E-state index contributed by atoms with van der Waals surface area (Å²) in [6.45, 7) is 1.84. The molecule has 2 unspecified atom stereocenters. The third kappa shape index (κ3) is 3.72. The molecule has 0 saturated carbocycles. The van der Waals surface area contributed by atoms with Gasteiger partial charge in [0.1, 0.15) is 0 Å². The van der Waals surface area contributed by atoms with Crippen LogP contribution >= 0.6 is 0 Å². The van der Waals surface area contributed by atoms with Crippen LogP contribution in [0.5, 0.6) is 0 Å². The highest BCUT2D eigenvalue weighted by atomic mass is 16.2. The van der Waals surface area contributed by atoms with Gasteiger partial charge in [-0.15, -0.1) is 0 Å². The number of amides is 3. The Morgan fingerprint density at radius 1 is 1.03 bits per heavy atom. The maximum Gasteiger partial charge on any atom is 0.255 e. The van der Waals surface area contributed by atoms with Gasteiger partial charge in [0.2, 0.25) is 11.8 Å². The van der Waals surface area contributed by atoms with Crippen molar-refractivity contribution in [3.05, 3.63) is 60.3 Å². The molecule has 1 aliphatic carbocycles. The Hall–Kier alpha value is -3.68. The molecule has 2 aliphatic heterocycles. The summed E-state index contributed by atoms with van der Waals surface area (Å²) in [6, 6.07) is 10.4. The average Bonchev–Trinajstić information content (AvgIpc) is 3.37. The number of nitrogens with one attached hydrogen (secondary N) is 2. The third-order valence-electron chi connectivity index (χ3n) is 6.34. The Morgan fingerprint density at radius 3 is 2.62 bits per heavy atom. The number of hydrogen-bond acceptors (Lipinski definition) is 5. The molecule has 164 valence electrons. The summed E-state index contributed by atoms with van der Waals surface area (Å²) in [4.78, 5) is 45.2. The first kappa shape index (κ1) is 20.2. The molecule has 2 aromatic rings. The van der Waals surface area contributed by atoms with Crippen molar-refractivity contribution < 1.29 is 14.4 Å². The van der Waals surface area contributed by atoms with Gasteiger partial charge in [-0.05, 0) is 56.0 Å². The number of fused-ring (bicyclic) bond motifs is 1. The molecule has 2 N–H and O–H groups in total. The molecule has 2 fully saturated rings. The Bertz CT molecular complexity index is 1090. The molecule has 2 saturated heterocycles. The highest BCUT2D eigenvalue weighted by Gasteiger charge is 2.42. The minimum absolute atomic E-state index is 0.153. The Morgan fingerprint density at radius 2 is 1.81 bits per heavy atom. The van der Waals surface area contributed by atoms with Gasteiger partial charge < -0.3 is 10.2 Å². The van der Waals surface area contributed by atoms with Crippen LogP contribution in [0.1, 0.15) is 36.0 Å². The fourth-order valence-electron chi connectivity index (χ4n) is 4.64. The van der Waals surface area contributed by atoms with E-state index in [-0.39, 0.29) is 29.6 Å². The Labute approximate surface area is 186 Å². The van der Waals surface area contributed by atoms with Crippen molar-refractivity contribution in [3.63, 3.8) is 0 Å². The fourth-order valence-corrected chi connectivity index (χ4v) is 4.64. The largest absolute Gasteiger partial charge is 0.355 e. The summed E-state index contributed by atoms with van der Waals surface area (Å²) in [5.41, 5.74) is 4.23. The number of anilines is 3. The second-order valence-electron chi connectivity index (χ2n) is 8.38. The van der Waals surface area contributed by atoms with Crippen LogP contribution in [0, 0.1) is 11.8 Å². The normalized spacial score (nSPS) is 22.5. The third-order valence-corrected chi connectivity index (χ3v) is 6.34. The average molecular weight is 431 g/mol. The molecule has 8 nitrogen and oxygen atoms in total. The van der Waals surface area contributed by atoms with Crippen molar-refractivity contribution in [2.24, 2.45) is 11.8 Å². The zero-order valence-electron chi connectivity index (χ0n) is 17.7. The minimum Gasteiger partial charge on any atom is -0.355 e. The first-order chi connectivity index (χ1) is 15.6. The minimum atomic E-state index is -0.371. The van der Waals surface area contributed by atoms with Crippen molar-refractivity contribution in [1.29, 1.82) is 0 Å². The monoisotopic (exact) mass is 431 g/mol. The van der Waals surface area contributed by atoms with E-state index in [9.17, 15) is 14.4 Å². The molecule has 5 rings (SSSR count). The van der Waals surface area contributed by atoms with Crippen molar-refractivity contribution in [1.82, 2.24) is 10.4 Å². The van der Waals surface area contributed by atoms with E-state index >= 15 is 0 Å². The smallest absolute Gasteiger partial charge is 0.255 e. The lowest BCUT2D eigenvalue weighted by Crippen LogP contribution is -2.59. The van der Waals surface area contributed by atoms with Crippen LogP contribution in [0.25, 0.3) is 0 Å². The van der Waals surface area contributed by atoms with Crippen LogP contribution in [0.4, 0.5) is 17.2 Å². The molecular weight excluding hydrogens is 406 g/mol. The van der Waals surface area contributed by atoms with Crippen molar-refractivity contribution in [2.45, 2.75) is 25.7 Å². The molecule has 0 radical (unpaired) electrons. The van der Waals surface area contributed by atoms with Crippen LogP contribution < -0.4 is 20.7 Å². The van der Waals surface area contributed by atoms with Gasteiger partial charge >= 0.3 is 0 Å². The molecule has 3 heterocycles. The van der Waals surface area contributed by atoms with E-state index in [4.69, 9.17) is 0 Å². The predicted octanol–water partition coefficient (Wildman–Crippen LogP) is 2.89. The Kier molecular flexibility index (Phi) is 5.34. The van der Waals surface area contributed by atoms with Gasteiger partial charge in [0.15, 0.2) is 5.82 Å². The topological polar surface area (TPSA) is 94.6 Å². The van der Waals surface area contributed by atoms with E-state index in [0.717, 1.165) is 31.7 Å². The van der Waals surface area contributed by atoms with E-state index in [2.05, 4.69) is 20.6 Å². The summed E-state index contributed by atoms with van der Waals surface area (Å²) in [5, 5.41) is 4.23. The maximum absolute atomic E-state index is 13.0. The first-order valence-corrected chi connectivity index (χ1v) is 11.0. The number of allylic oxidation sites excluding steroid dienone is 2. The number of hydrogen-bond donors (Lipinski definition) is 2. The molecule has 3 aliphatic rings. The van der Waals surface area contributed by atoms with Crippen LogP contribution in [-0.2, 0) is 9.59 Å². The van der Waals surface area contributed by atoms with Gasteiger partial charge in [-0.3, -0.25) is 19.8 Å². The zero-order valence-corrected chi connectivity index (χ0v) is 17.7. The molecule has 1 aromatic heterocycles. The predicted molar refractivity (Wildman–Crippen MR) is 121 cm³/mol. The zero-order chi connectivity index (χ0) is 22.1. The molecule has 2 atom stereocenters. The summed E-state index contributed by atoms with van der Waals surface area (Å²) in [5.74, 6) is -0.548. The number of hydrazine groups is 1. The summed E-state index contributed by atoms with van der Waals surface area (Å²) in [6.07, 6.45) is 8.96. The lowest BCUT2D eigenvalue weighted by molar-refractivity contribution is -0.139. The van der Waals surface area contributed by atoms with Gasteiger partial charge in [0.05, 0.1) is 23.2 Å². The number of aromatic nitrogens is 1. The number of nitrogens with zero attached hydrogens (tertiary/aromatic N) is 3. The van der Waals surface area contributed by atoms with E-state index < -0.39 is 0 Å². The van der Waals surface area contributed by atoms with E-state index in [1.165, 1.54) is 5.01 Å². The van der Waals surface area contributed by atoms with Gasteiger partial charge in [-0.1, -0.05) is 18.2 Å². The van der Waals surface area contributed by atoms with Gasteiger partial charge in [0, 0.05) is 24.8 Å². The first-order valence-electron chi connectivity index (χ1n) is 11.0. The highest BCUT2D eigenvalue weighted by Crippen LogP contribution is 2.33. The van der Waals surface area contributed by atoms with Crippen LogP contribution in [0.15, 0.2) is 54.7 Å². The van der Waals surface area contributed by atoms with Gasteiger partial charge in [-0.25, -0.2) is 9.99 Å². The van der Waals surface area contributed by atoms with E-state index in [0.29, 0.717) is 29.8 Å². The molecule has 3 amide bonds. The fraction of sp³-hybridized carbons (Fsp3) is 0.333. The molecular formula is C24H25N5O3. The molecule has 32 heavy (non-hydrogen) atoms. The Balaban J connectivity index is 1.37. The number of carbonyl (C=O) groups is 3. The van der Waals surface area contributed by atoms with Crippen LogP contribution in [0.2, 0.25) is 0 Å². The number of benzene rings is 1. The van der Waals surface area contributed by atoms with Crippen LogP contribution in [0.3, 0.4) is 0 Å². The number of carbonyl (C=O) groups excluding carboxylic acids is 3. The summed E-state index contributed by atoms with van der Waals surface area (Å²) < 4.78 is 0. The van der Waals surface area contributed by atoms with E-state index in [1.54, 1.807) is 36.5 Å². The standard InChI is InChI=1S/C24H25N5O3/c30-22(26-20-11-6-12-25-21(20)28-13-3-4-14-28)16-7-5-8-17(15-16)29-24(32)19-10-2-1-9-18(19)23(31)27-29/h1-2,5-8,11-12,15,18-19H,3-4,9-10,13-14H2,(H,26,30)(H,27,31). The maximum atomic E-state index is 13.0. The van der Waals surface area contributed by atoms with Crippen molar-refractivity contribution in [2.75, 3.05) is 28.3 Å². The summed E-state index contributed by atoms with van der Waals surface area (Å²) >= 11 is 0. The second kappa shape index (κ2) is 8.45. The molecule has 0 bridgehead atoms. The molecule has 8 heteroatoms. The second-order valence-corrected chi connectivity index (χ2v) is 8.38. The molecule has 0 spiro atoms. The van der Waals surface area contributed by atoms with Crippen molar-refractivity contribution in [3.8, 4) is 0 Å².